The van der Waals surface area contributed by atoms with Crippen molar-refractivity contribution in [2.75, 3.05) is 14.2 Å². The molecule has 0 aliphatic carbocycles. The van der Waals surface area contributed by atoms with Gasteiger partial charge in [-0.05, 0) is 55.5 Å². The van der Waals surface area contributed by atoms with Crippen molar-refractivity contribution in [2.45, 2.75) is 19.9 Å². The third kappa shape index (κ3) is 3.59. The fraction of sp³-hybridized carbons (Fsp3) is 0.375. The van der Waals surface area contributed by atoms with Gasteiger partial charge in [0.15, 0.2) is 0 Å². The highest BCUT2D eigenvalue weighted by Crippen LogP contribution is 2.39. The largest absolute Gasteiger partial charge is 0.494 e. The van der Waals surface area contributed by atoms with Crippen LogP contribution >= 0.6 is 31.9 Å². The number of nitrogens with one attached hydrogen (secondary N) is 2. The third-order valence-electron chi connectivity index (χ3n) is 3.64. The number of allylic oxidation sites excluding steroid dienone is 1. The van der Waals surface area contributed by atoms with Gasteiger partial charge in [0, 0.05) is 5.70 Å². The van der Waals surface area contributed by atoms with Crippen molar-refractivity contribution in [3.63, 3.8) is 0 Å². The minimum absolute atomic E-state index is 0.0437. The zero-order valence-corrected chi connectivity index (χ0v) is 16.9. The van der Waals surface area contributed by atoms with Gasteiger partial charge in [0.05, 0.1) is 34.8 Å². The van der Waals surface area contributed by atoms with E-state index in [4.69, 9.17) is 9.47 Å². The monoisotopic (exact) mass is 460 g/mol. The van der Waals surface area contributed by atoms with E-state index in [0.717, 1.165) is 5.56 Å². The second-order valence-electron chi connectivity index (χ2n) is 5.52. The molecule has 1 aromatic rings. The predicted octanol–water partition coefficient (Wildman–Crippen LogP) is 3.66. The van der Waals surface area contributed by atoms with E-state index in [2.05, 4.69) is 42.5 Å². The topological polar surface area (TPSA) is 76.7 Å². The summed E-state index contributed by atoms with van der Waals surface area (Å²) in [7, 11) is 2.88. The van der Waals surface area contributed by atoms with Gasteiger partial charge in [0.2, 0.25) is 0 Å². The first kappa shape index (κ1) is 18.8. The van der Waals surface area contributed by atoms with Crippen LogP contribution in [0.4, 0.5) is 4.79 Å². The number of methoxy groups -OCH3 is 2. The van der Waals surface area contributed by atoms with Crippen molar-refractivity contribution < 1.29 is 19.1 Å². The van der Waals surface area contributed by atoms with Crippen molar-refractivity contribution in [2.24, 2.45) is 5.92 Å². The van der Waals surface area contributed by atoms with E-state index in [1.54, 1.807) is 19.2 Å². The summed E-state index contributed by atoms with van der Waals surface area (Å²) in [5.74, 6) is 0.101. The number of carbonyl (C=O) groups excluding carboxylic acids is 2. The molecular weight excluding hydrogens is 444 g/mol. The molecule has 8 heteroatoms. The lowest BCUT2D eigenvalue weighted by Gasteiger charge is -2.31. The quantitative estimate of drug-likeness (QED) is 0.671. The molecule has 2 rings (SSSR count). The minimum Gasteiger partial charge on any atom is -0.494 e. The molecule has 0 fully saturated rings. The predicted molar refractivity (Wildman–Crippen MR) is 96.7 cm³/mol. The Morgan fingerprint density at radius 1 is 1.21 bits per heavy atom. The van der Waals surface area contributed by atoms with E-state index < -0.39 is 12.0 Å². The van der Waals surface area contributed by atoms with Gasteiger partial charge < -0.3 is 20.1 Å². The summed E-state index contributed by atoms with van der Waals surface area (Å²) in [5.41, 5.74) is 1.66. The fourth-order valence-corrected chi connectivity index (χ4v) is 4.11. The maximum Gasteiger partial charge on any atom is 0.337 e. The molecule has 0 saturated carbocycles. The van der Waals surface area contributed by atoms with E-state index in [-0.39, 0.29) is 11.9 Å². The molecule has 2 amide bonds. The first-order chi connectivity index (χ1) is 11.3. The number of benzene rings is 1. The number of hydrogen-bond donors (Lipinski definition) is 2. The molecule has 0 bridgehead atoms. The molecule has 0 radical (unpaired) electrons. The molecule has 0 saturated heterocycles. The number of rotatable bonds is 4. The smallest absolute Gasteiger partial charge is 0.337 e. The molecule has 1 aliphatic heterocycles. The summed E-state index contributed by atoms with van der Waals surface area (Å²) in [6.07, 6.45) is 0. The summed E-state index contributed by atoms with van der Waals surface area (Å²) >= 11 is 6.88. The summed E-state index contributed by atoms with van der Waals surface area (Å²) < 4.78 is 11.6. The van der Waals surface area contributed by atoms with Gasteiger partial charge in [-0.3, -0.25) is 0 Å². The van der Waals surface area contributed by atoms with Crippen LogP contribution in [0.2, 0.25) is 0 Å². The van der Waals surface area contributed by atoms with E-state index in [1.165, 1.54) is 7.11 Å². The Morgan fingerprint density at radius 2 is 1.79 bits per heavy atom. The number of halogens is 2. The zero-order chi connectivity index (χ0) is 18.0. The normalized spacial score (nSPS) is 17.5. The molecular formula is C16H18Br2N2O4. The SMILES string of the molecule is COC(=O)C1=C(C(C)C)NC(=O)NC1c1cc(Br)c(OC)c(Br)c1. The van der Waals surface area contributed by atoms with Gasteiger partial charge in [0.25, 0.3) is 0 Å². The molecule has 1 aliphatic rings. The van der Waals surface area contributed by atoms with E-state index in [1.807, 2.05) is 13.8 Å². The number of carbonyl (C=O) groups is 2. The highest BCUT2D eigenvalue weighted by atomic mass is 79.9. The summed E-state index contributed by atoms with van der Waals surface area (Å²) in [6, 6.07) is 2.63. The molecule has 2 N–H and O–H groups in total. The van der Waals surface area contributed by atoms with Gasteiger partial charge in [-0.25, -0.2) is 9.59 Å². The summed E-state index contributed by atoms with van der Waals surface area (Å²) in [4.78, 5) is 24.4. The Balaban J connectivity index is 2.63. The van der Waals surface area contributed by atoms with Gasteiger partial charge >= 0.3 is 12.0 Å². The lowest BCUT2D eigenvalue weighted by atomic mass is 9.91. The van der Waals surface area contributed by atoms with Crippen LogP contribution in [0.5, 0.6) is 5.75 Å². The Labute approximate surface area is 157 Å². The summed E-state index contributed by atoms with van der Waals surface area (Å²) in [5, 5.41) is 5.50. The lowest BCUT2D eigenvalue weighted by molar-refractivity contribution is -0.136. The molecule has 0 spiro atoms. The lowest BCUT2D eigenvalue weighted by Crippen LogP contribution is -2.47. The molecule has 6 nitrogen and oxygen atoms in total. The molecule has 1 atom stereocenters. The highest BCUT2D eigenvalue weighted by Gasteiger charge is 2.35. The number of urea groups is 1. The first-order valence-electron chi connectivity index (χ1n) is 7.23. The van der Waals surface area contributed by atoms with E-state index >= 15 is 0 Å². The number of amides is 2. The Kier molecular flexibility index (Phi) is 5.92. The minimum atomic E-state index is -0.623. The summed E-state index contributed by atoms with van der Waals surface area (Å²) in [6.45, 7) is 3.81. The third-order valence-corrected chi connectivity index (χ3v) is 4.82. The average molecular weight is 462 g/mol. The van der Waals surface area contributed by atoms with Gasteiger partial charge in [-0.15, -0.1) is 0 Å². The van der Waals surface area contributed by atoms with Gasteiger partial charge in [-0.2, -0.15) is 0 Å². The van der Waals surface area contributed by atoms with Crippen LogP contribution in [0.3, 0.4) is 0 Å². The van der Waals surface area contributed by atoms with Crippen LogP contribution in [-0.4, -0.2) is 26.2 Å². The van der Waals surface area contributed by atoms with Crippen LogP contribution in [0, 0.1) is 5.92 Å². The van der Waals surface area contributed by atoms with Crippen LogP contribution in [-0.2, 0) is 9.53 Å². The highest BCUT2D eigenvalue weighted by molar-refractivity contribution is 9.11. The van der Waals surface area contributed by atoms with Crippen molar-refractivity contribution in [1.29, 1.82) is 0 Å². The molecule has 0 aromatic heterocycles. The molecule has 1 unspecified atom stereocenters. The molecule has 24 heavy (non-hydrogen) atoms. The second kappa shape index (κ2) is 7.57. The Bertz CT molecular complexity index is 693. The number of ether oxygens (including phenoxy) is 2. The van der Waals surface area contributed by atoms with Crippen molar-refractivity contribution in [3.05, 3.63) is 37.9 Å². The Morgan fingerprint density at radius 3 is 2.25 bits per heavy atom. The van der Waals surface area contributed by atoms with Crippen molar-refractivity contribution >= 4 is 43.9 Å². The number of hydrogen-bond acceptors (Lipinski definition) is 4. The second-order valence-corrected chi connectivity index (χ2v) is 7.23. The van der Waals surface area contributed by atoms with E-state index in [9.17, 15) is 9.59 Å². The van der Waals surface area contributed by atoms with Crippen molar-refractivity contribution in [3.8, 4) is 5.75 Å². The van der Waals surface area contributed by atoms with E-state index in [0.29, 0.717) is 26.0 Å². The molecule has 1 heterocycles. The van der Waals surface area contributed by atoms with Gasteiger partial charge in [-0.1, -0.05) is 13.8 Å². The maximum atomic E-state index is 12.3. The maximum absolute atomic E-state index is 12.3. The first-order valence-corrected chi connectivity index (χ1v) is 8.81. The number of esters is 1. The van der Waals surface area contributed by atoms with Crippen LogP contribution < -0.4 is 15.4 Å². The van der Waals surface area contributed by atoms with Crippen LogP contribution in [0.1, 0.15) is 25.5 Å². The van der Waals surface area contributed by atoms with Crippen LogP contribution in [0.15, 0.2) is 32.3 Å². The van der Waals surface area contributed by atoms with Crippen molar-refractivity contribution in [1.82, 2.24) is 10.6 Å². The van der Waals surface area contributed by atoms with Crippen LogP contribution in [0.25, 0.3) is 0 Å². The average Bonchev–Trinajstić information content (AvgIpc) is 2.52. The van der Waals surface area contributed by atoms with Gasteiger partial charge in [0.1, 0.15) is 5.75 Å². The Hall–Kier alpha value is -1.54. The zero-order valence-electron chi connectivity index (χ0n) is 13.7. The molecule has 130 valence electrons. The molecule has 1 aromatic carbocycles. The standard InChI is InChI=1S/C16H18Br2N2O4/c1-7(2)12-11(15(21)24-4)13(20-16(22)19-12)8-5-9(17)14(23-3)10(18)6-8/h5-7,13H,1-4H3,(H2,19,20,22). The fourth-order valence-electron chi connectivity index (χ4n) is 2.57.